The molecular formula is C14H25N3. The van der Waals surface area contributed by atoms with Gasteiger partial charge in [0.25, 0.3) is 0 Å². The van der Waals surface area contributed by atoms with E-state index in [4.69, 9.17) is 0 Å². The van der Waals surface area contributed by atoms with Crippen LogP contribution in [0.2, 0.25) is 0 Å². The van der Waals surface area contributed by atoms with Gasteiger partial charge >= 0.3 is 0 Å². The van der Waals surface area contributed by atoms with Crippen LogP contribution in [0.4, 0.5) is 5.82 Å². The number of rotatable bonds is 6. The summed E-state index contributed by atoms with van der Waals surface area (Å²) in [5.41, 5.74) is 2.49. The molecule has 0 bridgehead atoms. The van der Waals surface area contributed by atoms with Crippen LogP contribution in [0.15, 0.2) is 12.1 Å². The zero-order chi connectivity index (χ0) is 12.8. The standard InChI is InChI=1S/C14H25N3/c1-6-7-15-10-12-8-13(11(2)3)16-14(9-12)17(4)5/h8-9,11,15H,6-7,10H2,1-5H3. The predicted molar refractivity (Wildman–Crippen MR) is 74.7 cm³/mol. The number of anilines is 1. The fraction of sp³-hybridized carbons (Fsp3) is 0.643. The van der Waals surface area contributed by atoms with E-state index in [9.17, 15) is 0 Å². The van der Waals surface area contributed by atoms with E-state index in [0.717, 1.165) is 18.9 Å². The SMILES string of the molecule is CCCNCc1cc(C(C)C)nc(N(C)C)c1. The fourth-order valence-corrected chi connectivity index (χ4v) is 1.63. The predicted octanol–water partition coefficient (Wildman–Crippen LogP) is 2.77. The van der Waals surface area contributed by atoms with E-state index in [1.54, 1.807) is 0 Å². The van der Waals surface area contributed by atoms with Crippen LogP contribution in [0.25, 0.3) is 0 Å². The summed E-state index contributed by atoms with van der Waals surface area (Å²) in [6, 6.07) is 4.37. The molecule has 0 aliphatic carbocycles. The van der Waals surface area contributed by atoms with Crippen molar-refractivity contribution in [3.63, 3.8) is 0 Å². The van der Waals surface area contributed by atoms with Gasteiger partial charge in [-0.15, -0.1) is 0 Å². The van der Waals surface area contributed by atoms with Crippen molar-refractivity contribution in [1.82, 2.24) is 10.3 Å². The zero-order valence-electron chi connectivity index (χ0n) is 11.7. The van der Waals surface area contributed by atoms with Crippen molar-refractivity contribution in [1.29, 1.82) is 0 Å². The van der Waals surface area contributed by atoms with Gasteiger partial charge in [0, 0.05) is 26.3 Å². The molecule has 1 aromatic rings. The maximum atomic E-state index is 4.66. The van der Waals surface area contributed by atoms with Crippen LogP contribution in [-0.2, 0) is 6.54 Å². The average molecular weight is 235 g/mol. The van der Waals surface area contributed by atoms with E-state index in [2.05, 4.69) is 48.1 Å². The molecule has 0 fully saturated rings. The lowest BCUT2D eigenvalue weighted by atomic mass is 10.1. The molecule has 0 atom stereocenters. The zero-order valence-corrected chi connectivity index (χ0v) is 11.7. The summed E-state index contributed by atoms with van der Waals surface area (Å²) in [5, 5.41) is 3.44. The molecule has 1 aromatic heterocycles. The van der Waals surface area contributed by atoms with Crippen molar-refractivity contribution in [3.8, 4) is 0 Å². The molecule has 0 aliphatic rings. The number of nitrogens with zero attached hydrogens (tertiary/aromatic N) is 2. The normalized spacial score (nSPS) is 10.9. The molecule has 0 aromatic carbocycles. The summed E-state index contributed by atoms with van der Waals surface area (Å²) in [5.74, 6) is 1.52. The minimum Gasteiger partial charge on any atom is -0.363 e. The quantitative estimate of drug-likeness (QED) is 0.769. The first kappa shape index (κ1) is 14.0. The third-order valence-electron chi connectivity index (χ3n) is 2.70. The highest BCUT2D eigenvalue weighted by Crippen LogP contribution is 2.18. The molecule has 1 rings (SSSR count). The third-order valence-corrected chi connectivity index (χ3v) is 2.70. The van der Waals surface area contributed by atoms with Crippen LogP contribution in [0.5, 0.6) is 0 Å². The highest BCUT2D eigenvalue weighted by molar-refractivity contribution is 5.41. The Morgan fingerprint density at radius 3 is 2.53 bits per heavy atom. The van der Waals surface area contributed by atoms with Gasteiger partial charge in [-0.1, -0.05) is 20.8 Å². The monoisotopic (exact) mass is 235 g/mol. The molecule has 0 spiro atoms. The molecule has 0 saturated carbocycles. The maximum absolute atomic E-state index is 4.66. The number of hydrogen-bond donors (Lipinski definition) is 1. The van der Waals surface area contributed by atoms with E-state index in [1.165, 1.54) is 17.7 Å². The summed E-state index contributed by atoms with van der Waals surface area (Å²) in [6.45, 7) is 8.55. The van der Waals surface area contributed by atoms with Crippen molar-refractivity contribution in [2.24, 2.45) is 0 Å². The lowest BCUT2D eigenvalue weighted by Crippen LogP contribution is -2.16. The Kier molecular flexibility index (Phi) is 5.42. The minimum absolute atomic E-state index is 0.472. The van der Waals surface area contributed by atoms with Crippen molar-refractivity contribution in [2.75, 3.05) is 25.5 Å². The Morgan fingerprint density at radius 1 is 1.29 bits per heavy atom. The molecular weight excluding hydrogens is 210 g/mol. The van der Waals surface area contributed by atoms with E-state index < -0.39 is 0 Å². The van der Waals surface area contributed by atoms with Crippen molar-refractivity contribution in [2.45, 2.75) is 39.7 Å². The molecule has 1 N–H and O–H groups in total. The Morgan fingerprint density at radius 2 is 2.00 bits per heavy atom. The largest absolute Gasteiger partial charge is 0.363 e. The molecule has 17 heavy (non-hydrogen) atoms. The Bertz CT molecular complexity index is 319. The topological polar surface area (TPSA) is 28.2 Å². The lowest BCUT2D eigenvalue weighted by Gasteiger charge is -2.16. The third kappa shape index (κ3) is 4.35. The van der Waals surface area contributed by atoms with Crippen molar-refractivity contribution >= 4 is 5.82 Å². The second-order valence-electron chi connectivity index (χ2n) is 4.98. The van der Waals surface area contributed by atoms with Gasteiger partial charge < -0.3 is 10.2 Å². The second kappa shape index (κ2) is 6.60. The Balaban J connectivity index is 2.88. The molecule has 96 valence electrons. The van der Waals surface area contributed by atoms with Crippen molar-refractivity contribution in [3.05, 3.63) is 23.4 Å². The van der Waals surface area contributed by atoms with E-state index in [0.29, 0.717) is 5.92 Å². The highest BCUT2D eigenvalue weighted by Gasteiger charge is 2.07. The summed E-state index contributed by atoms with van der Waals surface area (Å²) < 4.78 is 0. The van der Waals surface area contributed by atoms with Gasteiger partial charge in [0.15, 0.2) is 0 Å². The van der Waals surface area contributed by atoms with Gasteiger partial charge in [0.1, 0.15) is 5.82 Å². The van der Waals surface area contributed by atoms with Crippen LogP contribution in [0.1, 0.15) is 44.4 Å². The van der Waals surface area contributed by atoms with E-state index >= 15 is 0 Å². The highest BCUT2D eigenvalue weighted by atomic mass is 15.1. The van der Waals surface area contributed by atoms with E-state index in [1.807, 2.05) is 14.1 Å². The maximum Gasteiger partial charge on any atom is 0.128 e. The van der Waals surface area contributed by atoms with Gasteiger partial charge in [0.2, 0.25) is 0 Å². The number of nitrogens with one attached hydrogen (secondary N) is 1. The molecule has 0 saturated heterocycles. The first-order valence-electron chi connectivity index (χ1n) is 6.43. The van der Waals surface area contributed by atoms with Gasteiger partial charge in [-0.05, 0) is 36.6 Å². The molecule has 0 radical (unpaired) electrons. The number of aromatic nitrogens is 1. The van der Waals surface area contributed by atoms with E-state index in [-0.39, 0.29) is 0 Å². The van der Waals surface area contributed by atoms with Gasteiger partial charge in [0.05, 0.1) is 0 Å². The lowest BCUT2D eigenvalue weighted by molar-refractivity contribution is 0.672. The summed E-state index contributed by atoms with van der Waals surface area (Å²) in [6.07, 6.45) is 1.17. The Labute approximate surface area is 105 Å². The molecule has 0 aliphatic heterocycles. The first-order chi connectivity index (χ1) is 8.04. The average Bonchev–Trinajstić information content (AvgIpc) is 2.29. The van der Waals surface area contributed by atoms with Crippen LogP contribution < -0.4 is 10.2 Å². The number of pyridine rings is 1. The second-order valence-corrected chi connectivity index (χ2v) is 4.98. The summed E-state index contributed by atoms with van der Waals surface area (Å²) in [4.78, 5) is 6.72. The summed E-state index contributed by atoms with van der Waals surface area (Å²) >= 11 is 0. The Hall–Kier alpha value is -1.09. The van der Waals surface area contributed by atoms with Crippen LogP contribution >= 0.6 is 0 Å². The fourth-order valence-electron chi connectivity index (χ4n) is 1.63. The van der Waals surface area contributed by atoms with Gasteiger partial charge in [-0.3, -0.25) is 0 Å². The summed E-state index contributed by atoms with van der Waals surface area (Å²) in [7, 11) is 4.07. The first-order valence-corrected chi connectivity index (χ1v) is 6.43. The van der Waals surface area contributed by atoms with Crippen LogP contribution in [-0.4, -0.2) is 25.6 Å². The van der Waals surface area contributed by atoms with Crippen LogP contribution in [0.3, 0.4) is 0 Å². The van der Waals surface area contributed by atoms with Gasteiger partial charge in [-0.25, -0.2) is 4.98 Å². The minimum atomic E-state index is 0.472. The molecule has 3 heteroatoms. The molecule has 0 amide bonds. The molecule has 3 nitrogen and oxygen atoms in total. The van der Waals surface area contributed by atoms with Crippen LogP contribution in [0, 0.1) is 0 Å². The molecule has 0 unspecified atom stereocenters. The number of hydrogen-bond acceptors (Lipinski definition) is 3. The molecule has 1 heterocycles. The van der Waals surface area contributed by atoms with Crippen molar-refractivity contribution < 1.29 is 0 Å². The van der Waals surface area contributed by atoms with Gasteiger partial charge in [-0.2, -0.15) is 0 Å². The smallest absolute Gasteiger partial charge is 0.128 e.